The Morgan fingerprint density at radius 2 is 2.46 bits per heavy atom. The Morgan fingerprint density at radius 3 is 3.00 bits per heavy atom. The zero-order valence-corrected chi connectivity index (χ0v) is 7.13. The number of carbonyl (C=O) groups excluding carboxylic acids is 1. The van der Waals surface area contributed by atoms with Crippen LogP contribution in [0.4, 0.5) is 10.1 Å². The molecule has 0 amide bonds. The Balaban J connectivity index is 2.68. The number of ether oxygens (including phenoxy) is 1. The van der Waals surface area contributed by atoms with Crippen molar-refractivity contribution in [3.8, 4) is 0 Å². The fourth-order valence-electron chi connectivity index (χ4n) is 0.780. The molecule has 13 heavy (non-hydrogen) atoms. The molecular weight excluding hydrogens is 173 g/mol. The van der Waals surface area contributed by atoms with E-state index in [2.05, 4.69) is 10.8 Å². The molecule has 1 rings (SSSR count). The first-order chi connectivity index (χ1) is 6.09. The van der Waals surface area contributed by atoms with Crippen molar-refractivity contribution in [3.05, 3.63) is 29.6 Å². The van der Waals surface area contributed by atoms with E-state index in [1.54, 1.807) is 0 Å². The van der Waals surface area contributed by atoms with E-state index < -0.39 is 11.8 Å². The van der Waals surface area contributed by atoms with Crippen LogP contribution in [0, 0.1) is 11.9 Å². The maximum atomic E-state index is 12.8. The van der Waals surface area contributed by atoms with Gasteiger partial charge in [-0.2, -0.15) is 0 Å². The Labute approximate surface area is 75.3 Å². The van der Waals surface area contributed by atoms with E-state index in [9.17, 15) is 9.18 Å². The van der Waals surface area contributed by atoms with Crippen LogP contribution in [0.3, 0.4) is 0 Å². The maximum absolute atomic E-state index is 12.8. The van der Waals surface area contributed by atoms with Crippen molar-refractivity contribution in [1.29, 1.82) is 0 Å². The Morgan fingerprint density at radius 1 is 1.77 bits per heavy atom. The molecule has 0 unspecified atom stereocenters. The van der Waals surface area contributed by atoms with Gasteiger partial charge in [-0.05, 0) is 18.2 Å². The van der Waals surface area contributed by atoms with Crippen molar-refractivity contribution >= 4 is 11.7 Å². The Bertz CT molecular complexity index is 325. The zero-order chi connectivity index (χ0) is 9.84. The largest absolute Gasteiger partial charge is 0.461 e. The highest BCUT2D eigenvalue weighted by molar-refractivity contribution is 5.65. The molecular formula is C9H9FNO2. The van der Waals surface area contributed by atoms with Gasteiger partial charge in [-0.15, -0.1) is 0 Å². The molecule has 0 saturated carbocycles. The van der Waals surface area contributed by atoms with Gasteiger partial charge in [0, 0.05) is 12.5 Å². The predicted molar refractivity (Wildman–Crippen MR) is 45.1 cm³/mol. The summed E-state index contributed by atoms with van der Waals surface area (Å²) in [5.41, 5.74) is 5.72. The van der Waals surface area contributed by atoms with Crippen LogP contribution in [0.1, 0.15) is 12.5 Å². The lowest BCUT2D eigenvalue weighted by Crippen LogP contribution is -2.00. The third-order valence-corrected chi connectivity index (χ3v) is 1.42. The van der Waals surface area contributed by atoms with Gasteiger partial charge in [0.2, 0.25) is 0 Å². The minimum absolute atomic E-state index is 0.0204. The minimum Gasteiger partial charge on any atom is -0.461 e. The fourth-order valence-corrected chi connectivity index (χ4v) is 0.780. The number of hydrogen-bond acceptors (Lipinski definition) is 3. The number of hydrogen-bond donors (Lipinski definition) is 1. The summed E-state index contributed by atoms with van der Waals surface area (Å²) < 4.78 is 17.5. The summed E-state index contributed by atoms with van der Waals surface area (Å²) in [7, 11) is 0. The smallest absolute Gasteiger partial charge is 0.302 e. The second-order valence-electron chi connectivity index (χ2n) is 2.54. The molecule has 0 heterocycles. The van der Waals surface area contributed by atoms with Crippen LogP contribution < -0.4 is 5.73 Å². The lowest BCUT2D eigenvalue weighted by Gasteiger charge is -2.02. The van der Waals surface area contributed by atoms with Gasteiger partial charge in [-0.3, -0.25) is 4.79 Å². The van der Waals surface area contributed by atoms with Crippen LogP contribution in [0.15, 0.2) is 12.1 Å². The van der Waals surface area contributed by atoms with E-state index in [1.807, 2.05) is 0 Å². The average Bonchev–Trinajstić information content (AvgIpc) is 2.07. The number of carbonyl (C=O) groups is 1. The summed E-state index contributed by atoms with van der Waals surface area (Å²) in [6.07, 6.45) is 0. The topological polar surface area (TPSA) is 52.3 Å². The highest BCUT2D eigenvalue weighted by Crippen LogP contribution is 2.11. The molecule has 0 aliphatic carbocycles. The number of benzene rings is 1. The van der Waals surface area contributed by atoms with Crippen LogP contribution in [-0.2, 0) is 16.1 Å². The first-order valence-electron chi connectivity index (χ1n) is 3.68. The van der Waals surface area contributed by atoms with Gasteiger partial charge >= 0.3 is 5.97 Å². The fraction of sp³-hybridized carbons (Fsp3) is 0.222. The van der Waals surface area contributed by atoms with Crippen molar-refractivity contribution in [1.82, 2.24) is 0 Å². The third kappa shape index (κ3) is 2.74. The molecule has 4 heteroatoms. The molecule has 0 aromatic heterocycles. The highest BCUT2D eigenvalue weighted by Gasteiger charge is 2.01. The molecule has 0 aliphatic rings. The summed E-state index contributed by atoms with van der Waals surface area (Å²) in [5.74, 6) is -0.938. The maximum Gasteiger partial charge on any atom is 0.302 e. The molecule has 0 aliphatic heterocycles. The predicted octanol–water partition coefficient (Wildman–Crippen LogP) is 1.27. The zero-order valence-electron chi connectivity index (χ0n) is 7.13. The molecule has 0 saturated heterocycles. The standard InChI is InChI=1S/C9H9FNO2/c1-6(12)13-5-7-2-3-9(11)8(10)4-7/h3-4H,5,11H2,1H3. The van der Waals surface area contributed by atoms with Gasteiger partial charge in [-0.1, -0.05) is 0 Å². The van der Waals surface area contributed by atoms with Crippen LogP contribution in [0.2, 0.25) is 0 Å². The quantitative estimate of drug-likeness (QED) is 0.553. The van der Waals surface area contributed by atoms with Gasteiger partial charge in [0.05, 0.1) is 5.69 Å². The van der Waals surface area contributed by atoms with E-state index in [-0.39, 0.29) is 12.3 Å². The van der Waals surface area contributed by atoms with E-state index in [4.69, 9.17) is 5.73 Å². The molecule has 0 fully saturated rings. The number of rotatable bonds is 2. The first kappa shape index (κ1) is 9.51. The van der Waals surface area contributed by atoms with Crippen LogP contribution in [0.5, 0.6) is 0 Å². The normalized spacial score (nSPS) is 9.69. The molecule has 0 bridgehead atoms. The second kappa shape index (κ2) is 3.89. The average molecular weight is 182 g/mol. The molecule has 1 radical (unpaired) electrons. The lowest BCUT2D eigenvalue weighted by atomic mass is 10.2. The number of esters is 1. The van der Waals surface area contributed by atoms with Crippen LogP contribution in [0.25, 0.3) is 0 Å². The molecule has 0 spiro atoms. The van der Waals surface area contributed by atoms with Gasteiger partial charge in [-0.25, -0.2) is 4.39 Å². The molecule has 1 aromatic carbocycles. The summed E-state index contributed by atoms with van der Waals surface area (Å²) >= 11 is 0. The second-order valence-corrected chi connectivity index (χ2v) is 2.54. The monoisotopic (exact) mass is 182 g/mol. The summed E-state index contributed by atoms with van der Waals surface area (Å²) in [6.45, 7) is 1.31. The molecule has 69 valence electrons. The number of anilines is 1. The summed E-state index contributed by atoms with van der Waals surface area (Å²) in [6, 6.07) is 5.20. The number of nitrogens with two attached hydrogens (primary N) is 1. The third-order valence-electron chi connectivity index (χ3n) is 1.42. The van der Waals surface area contributed by atoms with E-state index in [0.29, 0.717) is 5.56 Å². The Kier molecular flexibility index (Phi) is 2.84. The van der Waals surface area contributed by atoms with E-state index in [0.717, 1.165) is 0 Å². The van der Waals surface area contributed by atoms with E-state index >= 15 is 0 Å². The van der Waals surface area contributed by atoms with Gasteiger partial charge < -0.3 is 10.5 Å². The molecule has 3 nitrogen and oxygen atoms in total. The summed E-state index contributed by atoms with van der Waals surface area (Å²) in [5, 5.41) is 0. The number of halogens is 1. The first-order valence-corrected chi connectivity index (χ1v) is 3.68. The molecule has 0 atom stereocenters. The van der Waals surface area contributed by atoms with Crippen molar-refractivity contribution in [2.45, 2.75) is 13.5 Å². The van der Waals surface area contributed by atoms with Crippen molar-refractivity contribution in [2.75, 3.05) is 5.73 Å². The van der Waals surface area contributed by atoms with Crippen molar-refractivity contribution < 1.29 is 13.9 Å². The Hall–Kier alpha value is -1.58. The van der Waals surface area contributed by atoms with Gasteiger partial charge in [0.15, 0.2) is 0 Å². The SMILES string of the molecule is CC(=O)OCc1[c]cc(N)c(F)c1. The van der Waals surface area contributed by atoms with Gasteiger partial charge in [0.1, 0.15) is 12.4 Å². The number of nitrogen functional groups attached to an aromatic ring is 1. The molecule has 1 aromatic rings. The van der Waals surface area contributed by atoms with Crippen molar-refractivity contribution in [3.63, 3.8) is 0 Å². The van der Waals surface area contributed by atoms with E-state index in [1.165, 1.54) is 19.1 Å². The lowest BCUT2D eigenvalue weighted by molar-refractivity contribution is -0.142. The molecule has 2 N–H and O–H groups in total. The van der Waals surface area contributed by atoms with Gasteiger partial charge in [0.25, 0.3) is 0 Å². The highest BCUT2D eigenvalue weighted by atomic mass is 19.1. The van der Waals surface area contributed by atoms with Crippen LogP contribution in [-0.4, -0.2) is 5.97 Å². The minimum atomic E-state index is -0.527. The van der Waals surface area contributed by atoms with Crippen molar-refractivity contribution in [2.24, 2.45) is 0 Å². The summed E-state index contributed by atoms with van der Waals surface area (Å²) in [4.78, 5) is 10.4. The van der Waals surface area contributed by atoms with Crippen LogP contribution >= 0.6 is 0 Å².